The van der Waals surface area contributed by atoms with Gasteiger partial charge >= 0.3 is 0 Å². The molecule has 4 heteroatoms. The lowest BCUT2D eigenvalue weighted by Gasteiger charge is -2.26. The first-order valence-corrected chi connectivity index (χ1v) is 7.79. The van der Waals surface area contributed by atoms with Crippen LogP contribution in [0, 0.1) is 17.8 Å². The number of halogens is 1. The molecule has 2 heterocycles. The van der Waals surface area contributed by atoms with Gasteiger partial charge in [-0.25, -0.2) is 4.98 Å². The second-order valence-electron chi connectivity index (χ2n) is 6.21. The van der Waals surface area contributed by atoms with Crippen molar-refractivity contribution in [1.82, 2.24) is 14.5 Å². The second kappa shape index (κ2) is 6.13. The highest BCUT2D eigenvalue weighted by atomic mass is 35.5. The van der Waals surface area contributed by atoms with Crippen molar-refractivity contribution >= 4 is 22.6 Å². The molecule has 0 bridgehead atoms. The van der Waals surface area contributed by atoms with Crippen LogP contribution >= 0.6 is 11.6 Å². The Balaban J connectivity index is 2.48. The highest BCUT2D eigenvalue weighted by Crippen LogP contribution is 2.29. The van der Waals surface area contributed by atoms with Crippen molar-refractivity contribution in [1.29, 1.82) is 0 Å². The molecule has 0 saturated carbocycles. The van der Waals surface area contributed by atoms with Crippen molar-refractivity contribution in [2.45, 2.75) is 46.5 Å². The van der Waals surface area contributed by atoms with Crippen LogP contribution in [0.1, 0.15) is 45.8 Å². The van der Waals surface area contributed by atoms with Gasteiger partial charge < -0.3 is 4.57 Å². The summed E-state index contributed by atoms with van der Waals surface area (Å²) >= 11 is 6.32. The number of pyridine rings is 1. The van der Waals surface area contributed by atoms with Gasteiger partial charge in [0.05, 0.1) is 17.1 Å². The third kappa shape index (κ3) is 2.98. The summed E-state index contributed by atoms with van der Waals surface area (Å²) in [4.78, 5) is 8.81. The first-order valence-electron chi connectivity index (χ1n) is 7.36. The molecule has 0 spiro atoms. The molecule has 0 amide bonds. The Kier molecular flexibility index (Phi) is 4.69. The topological polar surface area (TPSA) is 30.7 Å². The Hall–Kier alpha value is -1.09. The first-order chi connectivity index (χ1) is 9.41. The van der Waals surface area contributed by atoms with Crippen molar-refractivity contribution in [3.8, 4) is 0 Å². The van der Waals surface area contributed by atoms with Crippen LogP contribution in [0.25, 0.3) is 11.0 Å². The van der Waals surface area contributed by atoms with E-state index in [1.807, 2.05) is 25.4 Å². The lowest BCUT2D eigenvalue weighted by Crippen LogP contribution is -2.23. The average Bonchev–Trinajstić information content (AvgIpc) is 2.74. The summed E-state index contributed by atoms with van der Waals surface area (Å²) in [7, 11) is 0. The molecule has 2 aromatic rings. The van der Waals surface area contributed by atoms with E-state index in [1.54, 1.807) is 0 Å². The number of rotatable bonds is 5. The quantitative estimate of drug-likeness (QED) is 0.751. The van der Waals surface area contributed by atoms with Crippen molar-refractivity contribution in [2.75, 3.05) is 0 Å². The summed E-state index contributed by atoms with van der Waals surface area (Å²) in [5, 5.41) is -0.0950. The van der Waals surface area contributed by atoms with Crippen LogP contribution in [-0.4, -0.2) is 14.5 Å². The van der Waals surface area contributed by atoms with Gasteiger partial charge in [0, 0.05) is 12.7 Å². The summed E-state index contributed by atoms with van der Waals surface area (Å²) in [5.41, 5.74) is 2.06. The van der Waals surface area contributed by atoms with Gasteiger partial charge in [0.15, 0.2) is 0 Å². The van der Waals surface area contributed by atoms with Crippen LogP contribution in [0.2, 0.25) is 0 Å². The molecular formula is C16H24ClN3. The summed E-state index contributed by atoms with van der Waals surface area (Å²) in [6.07, 6.45) is 3.64. The molecule has 0 radical (unpaired) electrons. The second-order valence-corrected chi connectivity index (χ2v) is 6.87. The maximum absolute atomic E-state index is 6.32. The normalized spacial score (nSPS) is 13.8. The van der Waals surface area contributed by atoms with Gasteiger partial charge in [0.1, 0.15) is 11.3 Å². The number of aromatic nitrogens is 3. The molecule has 2 rings (SSSR count). The van der Waals surface area contributed by atoms with Crippen molar-refractivity contribution in [3.05, 3.63) is 24.3 Å². The van der Waals surface area contributed by atoms with Crippen LogP contribution < -0.4 is 0 Å². The standard InChI is InChI=1S/C16H24ClN3/c1-10(2)13(11(3)4)9-20-15-6-7-18-8-14(15)19-16(20)12(5)17/h6-8,10-13H,9H2,1-5H3. The van der Waals surface area contributed by atoms with Crippen LogP contribution in [0.3, 0.4) is 0 Å². The molecule has 0 fully saturated rings. The minimum atomic E-state index is -0.0950. The zero-order valence-corrected chi connectivity index (χ0v) is 13.7. The number of nitrogens with zero attached hydrogens (tertiary/aromatic N) is 3. The Bertz CT molecular complexity index is 564. The lowest BCUT2D eigenvalue weighted by molar-refractivity contribution is 0.252. The minimum absolute atomic E-state index is 0.0950. The van der Waals surface area contributed by atoms with Gasteiger partial charge in [0.25, 0.3) is 0 Å². The van der Waals surface area contributed by atoms with Gasteiger partial charge in [-0.3, -0.25) is 4.98 Å². The van der Waals surface area contributed by atoms with E-state index in [0.717, 1.165) is 23.4 Å². The SMILES string of the molecule is CC(Cl)c1nc2cnccc2n1CC(C(C)C)C(C)C. The highest BCUT2D eigenvalue weighted by Gasteiger charge is 2.22. The zero-order valence-electron chi connectivity index (χ0n) is 13.0. The predicted molar refractivity (Wildman–Crippen MR) is 85.0 cm³/mol. The largest absolute Gasteiger partial charge is 0.326 e. The third-order valence-corrected chi connectivity index (χ3v) is 4.24. The molecule has 0 saturated heterocycles. The molecule has 0 aliphatic rings. The summed E-state index contributed by atoms with van der Waals surface area (Å²) < 4.78 is 2.28. The number of imidazole rings is 1. The molecule has 20 heavy (non-hydrogen) atoms. The summed E-state index contributed by atoms with van der Waals surface area (Å²) in [5.74, 6) is 2.82. The fourth-order valence-electron chi connectivity index (χ4n) is 2.90. The van der Waals surface area contributed by atoms with E-state index in [-0.39, 0.29) is 5.38 Å². The van der Waals surface area contributed by atoms with Gasteiger partial charge in [-0.05, 0) is 30.7 Å². The van der Waals surface area contributed by atoms with Crippen LogP contribution in [-0.2, 0) is 6.54 Å². The van der Waals surface area contributed by atoms with Crippen molar-refractivity contribution in [2.24, 2.45) is 17.8 Å². The highest BCUT2D eigenvalue weighted by molar-refractivity contribution is 6.20. The van der Waals surface area contributed by atoms with E-state index in [4.69, 9.17) is 11.6 Å². The van der Waals surface area contributed by atoms with Crippen molar-refractivity contribution in [3.63, 3.8) is 0 Å². The van der Waals surface area contributed by atoms with E-state index in [2.05, 4.69) is 42.2 Å². The van der Waals surface area contributed by atoms with Crippen LogP contribution in [0.4, 0.5) is 0 Å². The molecule has 0 aromatic carbocycles. The molecule has 3 nitrogen and oxygen atoms in total. The molecule has 0 aliphatic carbocycles. The first kappa shape index (κ1) is 15.3. The fraction of sp³-hybridized carbons (Fsp3) is 0.625. The monoisotopic (exact) mass is 293 g/mol. The van der Waals surface area contributed by atoms with E-state index in [0.29, 0.717) is 17.8 Å². The lowest BCUT2D eigenvalue weighted by atomic mass is 9.85. The number of fused-ring (bicyclic) bond motifs is 1. The van der Waals surface area contributed by atoms with E-state index >= 15 is 0 Å². The summed E-state index contributed by atoms with van der Waals surface area (Å²) in [6.45, 7) is 12.1. The number of hydrogen-bond donors (Lipinski definition) is 0. The minimum Gasteiger partial charge on any atom is -0.326 e. The smallest absolute Gasteiger partial charge is 0.127 e. The predicted octanol–water partition coefficient (Wildman–Crippen LogP) is 4.66. The number of hydrogen-bond acceptors (Lipinski definition) is 2. The maximum atomic E-state index is 6.32. The Morgan fingerprint density at radius 3 is 2.35 bits per heavy atom. The van der Waals surface area contributed by atoms with Gasteiger partial charge in [-0.1, -0.05) is 27.7 Å². The Labute approximate surface area is 126 Å². The third-order valence-electron chi connectivity index (χ3n) is 4.04. The van der Waals surface area contributed by atoms with E-state index in [9.17, 15) is 0 Å². The maximum Gasteiger partial charge on any atom is 0.127 e. The molecule has 0 N–H and O–H groups in total. The molecule has 1 atom stereocenters. The zero-order chi connectivity index (χ0) is 14.9. The Morgan fingerprint density at radius 1 is 1.15 bits per heavy atom. The molecule has 110 valence electrons. The van der Waals surface area contributed by atoms with Crippen molar-refractivity contribution < 1.29 is 0 Å². The average molecular weight is 294 g/mol. The fourth-order valence-corrected chi connectivity index (χ4v) is 3.06. The van der Waals surface area contributed by atoms with E-state index < -0.39 is 0 Å². The van der Waals surface area contributed by atoms with Gasteiger partial charge in [-0.2, -0.15) is 0 Å². The van der Waals surface area contributed by atoms with Gasteiger partial charge in [0.2, 0.25) is 0 Å². The number of alkyl halides is 1. The van der Waals surface area contributed by atoms with Gasteiger partial charge in [-0.15, -0.1) is 11.6 Å². The summed E-state index contributed by atoms with van der Waals surface area (Å²) in [6, 6.07) is 2.03. The van der Waals surface area contributed by atoms with Crippen LogP contribution in [0.15, 0.2) is 18.5 Å². The molecular weight excluding hydrogens is 270 g/mol. The molecule has 1 unspecified atom stereocenters. The Morgan fingerprint density at radius 2 is 1.80 bits per heavy atom. The van der Waals surface area contributed by atoms with Crippen LogP contribution in [0.5, 0.6) is 0 Å². The molecule has 0 aliphatic heterocycles. The molecule has 2 aromatic heterocycles. The van der Waals surface area contributed by atoms with E-state index in [1.165, 1.54) is 0 Å².